The number of methoxy groups -OCH3 is 1. The standard InChI is InChI=1S/C14H30N2O/c1-4-9-12(2)13(16-15)14(17-3)10-7-5-6-8-11-14/h12-13,16H,4-11,15H2,1-3H3. The Kier molecular flexibility index (Phi) is 6.45. The Morgan fingerprint density at radius 1 is 1.24 bits per heavy atom. The monoisotopic (exact) mass is 242 g/mol. The van der Waals surface area contributed by atoms with Crippen molar-refractivity contribution in [1.82, 2.24) is 5.43 Å². The van der Waals surface area contributed by atoms with Gasteiger partial charge in [0.05, 0.1) is 11.6 Å². The van der Waals surface area contributed by atoms with Gasteiger partial charge in [0.25, 0.3) is 0 Å². The van der Waals surface area contributed by atoms with E-state index in [-0.39, 0.29) is 11.6 Å². The Hall–Kier alpha value is -0.120. The number of hydrazine groups is 1. The second kappa shape index (κ2) is 7.34. The molecule has 2 atom stereocenters. The van der Waals surface area contributed by atoms with Crippen molar-refractivity contribution in [3.8, 4) is 0 Å². The predicted octanol–water partition coefficient (Wildman–Crippen LogP) is 2.99. The lowest BCUT2D eigenvalue weighted by Gasteiger charge is -2.42. The van der Waals surface area contributed by atoms with Crippen molar-refractivity contribution in [2.75, 3.05) is 7.11 Å². The summed E-state index contributed by atoms with van der Waals surface area (Å²) in [4.78, 5) is 0. The fourth-order valence-electron chi connectivity index (χ4n) is 3.43. The van der Waals surface area contributed by atoms with Gasteiger partial charge in [0, 0.05) is 7.11 Å². The lowest BCUT2D eigenvalue weighted by Crippen LogP contribution is -2.57. The molecule has 17 heavy (non-hydrogen) atoms. The third-order valence-corrected chi connectivity index (χ3v) is 4.42. The molecule has 1 aliphatic rings. The first-order valence-electron chi connectivity index (χ1n) is 7.21. The summed E-state index contributed by atoms with van der Waals surface area (Å²) >= 11 is 0. The zero-order chi connectivity index (χ0) is 12.7. The summed E-state index contributed by atoms with van der Waals surface area (Å²) in [5, 5.41) is 0. The van der Waals surface area contributed by atoms with Crippen molar-refractivity contribution >= 4 is 0 Å². The van der Waals surface area contributed by atoms with Crippen LogP contribution >= 0.6 is 0 Å². The van der Waals surface area contributed by atoms with E-state index in [0.717, 1.165) is 12.8 Å². The van der Waals surface area contributed by atoms with E-state index >= 15 is 0 Å². The molecule has 0 amide bonds. The molecule has 2 unspecified atom stereocenters. The maximum absolute atomic E-state index is 5.94. The van der Waals surface area contributed by atoms with Gasteiger partial charge in [0.1, 0.15) is 0 Å². The van der Waals surface area contributed by atoms with Crippen LogP contribution in [0.25, 0.3) is 0 Å². The molecule has 3 nitrogen and oxygen atoms in total. The first kappa shape index (κ1) is 14.9. The summed E-state index contributed by atoms with van der Waals surface area (Å²) in [6, 6.07) is 0.283. The Bertz CT molecular complexity index is 200. The molecule has 0 bridgehead atoms. The molecule has 0 aromatic rings. The largest absolute Gasteiger partial charge is 0.377 e. The third kappa shape index (κ3) is 3.67. The van der Waals surface area contributed by atoms with Crippen molar-refractivity contribution in [2.45, 2.75) is 76.9 Å². The minimum atomic E-state index is -0.0418. The Morgan fingerprint density at radius 3 is 2.24 bits per heavy atom. The topological polar surface area (TPSA) is 47.3 Å². The first-order valence-corrected chi connectivity index (χ1v) is 7.21. The van der Waals surface area contributed by atoms with Crippen LogP contribution in [0.15, 0.2) is 0 Å². The molecular formula is C14H30N2O. The molecule has 0 aromatic heterocycles. The lowest BCUT2D eigenvalue weighted by atomic mass is 9.78. The van der Waals surface area contributed by atoms with Crippen LogP contribution in [0.2, 0.25) is 0 Å². The van der Waals surface area contributed by atoms with Crippen LogP contribution in [0.4, 0.5) is 0 Å². The molecule has 0 heterocycles. The van der Waals surface area contributed by atoms with Crippen LogP contribution in [0, 0.1) is 5.92 Å². The van der Waals surface area contributed by atoms with E-state index in [0.29, 0.717) is 5.92 Å². The van der Waals surface area contributed by atoms with E-state index in [1.165, 1.54) is 38.5 Å². The zero-order valence-electron chi connectivity index (χ0n) is 11.8. The van der Waals surface area contributed by atoms with Crippen LogP contribution in [0.3, 0.4) is 0 Å². The van der Waals surface area contributed by atoms with Crippen molar-refractivity contribution in [3.05, 3.63) is 0 Å². The van der Waals surface area contributed by atoms with Gasteiger partial charge in [-0.25, -0.2) is 0 Å². The number of hydrogen-bond donors (Lipinski definition) is 2. The maximum atomic E-state index is 5.94. The van der Waals surface area contributed by atoms with Crippen LogP contribution in [-0.4, -0.2) is 18.8 Å². The number of ether oxygens (including phenoxy) is 1. The molecule has 0 radical (unpaired) electrons. The highest BCUT2D eigenvalue weighted by Crippen LogP contribution is 2.36. The summed E-state index contributed by atoms with van der Waals surface area (Å²) in [5.41, 5.74) is 3.01. The summed E-state index contributed by atoms with van der Waals surface area (Å²) in [5.74, 6) is 6.39. The molecule has 102 valence electrons. The molecule has 0 spiro atoms. The van der Waals surface area contributed by atoms with E-state index in [1.54, 1.807) is 0 Å². The summed E-state index contributed by atoms with van der Waals surface area (Å²) in [7, 11) is 1.86. The molecular weight excluding hydrogens is 212 g/mol. The molecule has 1 rings (SSSR count). The highest BCUT2D eigenvalue weighted by atomic mass is 16.5. The maximum Gasteiger partial charge on any atom is 0.0847 e. The smallest absolute Gasteiger partial charge is 0.0847 e. The Balaban J connectivity index is 2.78. The summed E-state index contributed by atoms with van der Waals surface area (Å²) in [6.45, 7) is 4.52. The fraction of sp³-hybridized carbons (Fsp3) is 1.00. The molecule has 1 saturated carbocycles. The van der Waals surface area contributed by atoms with Gasteiger partial charge in [-0.15, -0.1) is 0 Å². The van der Waals surface area contributed by atoms with E-state index in [9.17, 15) is 0 Å². The lowest BCUT2D eigenvalue weighted by molar-refractivity contribution is -0.0671. The molecule has 0 aliphatic heterocycles. The average molecular weight is 242 g/mol. The number of nitrogens with one attached hydrogen (secondary N) is 1. The third-order valence-electron chi connectivity index (χ3n) is 4.42. The quantitative estimate of drug-likeness (QED) is 0.427. The van der Waals surface area contributed by atoms with E-state index < -0.39 is 0 Å². The van der Waals surface area contributed by atoms with E-state index in [4.69, 9.17) is 10.6 Å². The molecule has 0 aromatic carbocycles. The zero-order valence-corrected chi connectivity index (χ0v) is 11.8. The highest BCUT2D eigenvalue weighted by molar-refractivity contribution is 4.95. The minimum Gasteiger partial charge on any atom is -0.377 e. The molecule has 1 fully saturated rings. The summed E-state index contributed by atoms with van der Waals surface area (Å²) < 4.78 is 5.94. The Morgan fingerprint density at radius 2 is 1.82 bits per heavy atom. The van der Waals surface area contributed by atoms with Gasteiger partial charge >= 0.3 is 0 Å². The fourth-order valence-corrected chi connectivity index (χ4v) is 3.43. The predicted molar refractivity (Wildman–Crippen MR) is 72.6 cm³/mol. The highest BCUT2D eigenvalue weighted by Gasteiger charge is 2.41. The molecule has 3 N–H and O–H groups in total. The van der Waals surface area contributed by atoms with Crippen LogP contribution in [0.5, 0.6) is 0 Å². The van der Waals surface area contributed by atoms with Gasteiger partial charge in [-0.05, 0) is 25.2 Å². The SMILES string of the molecule is CCCC(C)C(NN)C1(OC)CCCCCC1. The number of hydrogen-bond acceptors (Lipinski definition) is 3. The summed E-state index contributed by atoms with van der Waals surface area (Å²) in [6.07, 6.45) is 9.92. The number of rotatable bonds is 6. The normalized spacial score (nSPS) is 24.0. The van der Waals surface area contributed by atoms with Crippen molar-refractivity contribution in [1.29, 1.82) is 0 Å². The van der Waals surface area contributed by atoms with Gasteiger partial charge in [0.2, 0.25) is 0 Å². The van der Waals surface area contributed by atoms with Gasteiger partial charge in [-0.2, -0.15) is 0 Å². The van der Waals surface area contributed by atoms with Crippen molar-refractivity contribution < 1.29 is 4.74 Å². The van der Waals surface area contributed by atoms with Crippen LogP contribution < -0.4 is 11.3 Å². The number of nitrogens with two attached hydrogens (primary N) is 1. The Labute approximate surface area is 106 Å². The average Bonchev–Trinajstić information content (AvgIpc) is 2.57. The minimum absolute atomic E-state index is 0.0418. The van der Waals surface area contributed by atoms with Gasteiger partial charge in [-0.1, -0.05) is 46.0 Å². The van der Waals surface area contributed by atoms with E-state index in [1.807, 2.05) is 7.11 Å². The van der Waals surface area contributed by atoms with Gasteiger partial charge < -0.3 is 4.74 Å². The van der Waals surface area contributed by atoms with Crippen molar-refractivity contribution in [2.24, 2.45) is 11.8 Å². The van der Waals surface area contributed by atoms with Crippen LogP contribution in [-0.2, 0) is 4.74 Å². The van der Waals surface area contributed by atoms with E-state index in [2.05, 4.69) is 19.3 Å². The van der Waals surface area contributed by atoms with Gasteiger partial charge in [0.15, 0.2) is 0 Å². The molecule has 0 saturated heterocycles. The van der Waals surface area contributed by atoms with Crippen molar-refractivity contribution in [3.63, 3.8) is 0 Å². The second-order valence-corrected chi connectivity index (χ2v) is 5.59. The second-order valence-electron chi connectivity index (χ2n) is 5.59. The first-order chi connectivity index (χ1) is 8.20. The molecule has 3 heteroatoms. The molecule has 1 aliphatic carbocycles. The van der Waals surface area contributed by atoms with Crippen LogP contribution in [0.1, 0.15) is 65.2 Å². The van der Waals surface area contributed by atoms with Gasteiger partial charge in [-0.3, -0.25) is 11.3 Å².